The third-order valence-corrected chi connectivity index (χ3v) is 10.3. The molecule has 3 aliphatic rings. The van der Waals surface area contributed by atoms with Crippen LogP contribution in [0.4, 0.5) is 23.4 Å². The molecule has 46 heavy (non-hydrogen) atoms. The number of ether oxygens (including phenoxy) is 1. The Balaban J connectivity index is 1.31. The number of hydrogen-bond donors (Lipinski definition) is 0. The lowest BCUT2D eigenvalue weighted by Crippen LogP contribution is -2.55. The van der Waals surface area contributed by atoms with Crippen molar-refractivity contribution >= 4 is 44.1 Å². The van der Waals surface area contributed by atoms with Gasteiger partial charge in [-0.3, -0.25) is 14.7 Å². The van der Waals surface area contributed by atoms with E-state index in [2.05, 4.69) is 26.4 Å². The van der Waals surface area contributed by atoms with Crippen LogP contribution in [0.5, 0.6) is 6.01 Å². The van der Waals surface area contributed by atoms with E-state index in [9.17, 15) is 23.2 Å². The van der Waals surface area contributed by atoms with Gasteiger partial charge in [-0.25, -0.2) is 17.6 Å². The number of piperazine rings is 1. The molecule has 0 aliphatic carbocycles. The Morgan fingerprint density at radius 1 is 1.20 bits per heavy atom. The lowest BCUT2D eigenvalue weighted by Gasteiger charge is -2.41. The standard InChI is InChI=1S/C32H29F4N7O2S/c1-18(33)30(44)43-11-10-41(15-20(43)6-8-37)29-23-13-38-26(22-5-2-4-21-24(35)16-46-28(21)22)25(36)27(23)39-31(40-29)45-17-32-7-3-9-42(32)14-19(34)12-32/h2,4-5,13,16,19-20H,1,3,6-7,9-12,14-15,17H2/t19-,20+,32+/m1/s1. The zero-order valence-corrected chi connectivity index (χ0v) is 25.5. The molecular weight excluding hydrogens is 622 g/mol. The van der Waals surface area contributed by atoms with Gasteiger partial charge in [0.15, 0.2) is 11.6 Å². The Bertz CT molecular complexity index is 1910. The van der Waals surface area contributed by atoms with Crippen molar-refractivity contribution in [3.05, 3.63) is 53.8 Å². The fraction of sp³-hybridized carbons (Fsp3) is 0.406. The number of nitriles is 1. The van der Waals surface area contributed by atoms with Crippen LogP contribution in [0.1, 0.15) is 25.7 Å². The molecule has 3 saturated heterocycles. The molecule has 3 aromatic heterocycles. The number of halogens is 4. The second-order valence-electron chi connectivity index (χ2n) is 12.0. The number of benzene rings is 1. The second kappa shape index (κ2) is 11.8. The molecule has 14 heteroatoms. The van der Waals surface area contributed by atoms with Gasteiger partial charge in [0.2, 0.25) is 0 Å². The SMILES string of the molecule is C=C(F)C(=O)N1CCN(c2nc(OC[C@@]34CCCN3C[C@H](F)C4)nc3c(F)c(-c4cccc5c(F)csc45)ncc23)C[C@@H]1CC#N. The summed E-state index contributed by atoms with van der Waals surface area (Å²) in [5, 5.41) is 11.4. The average molecular weight is 652 g/mol. The fourth-order valence-electron chi connectivity index (χ4n) is 7.13. The summed E-state index contributed by atoms with van der Waals surface area (Å²) in [7, 11) is 0. The number of rotatable bonds is 7. The third-order valence-electron chi connectivity index (χ3n) is 9.28. The maximum absolute atomic E-state index is 16.6. The molecule has 3 atom stereocenters. The van der Waals surface area contributed by atoms with E-state index in [4.69, 9.17) is 4.74 Å². The van der Waals surface area contributed by atoms with E-state index in [1.807, 2.05) is 6.07 Å². The van der Waals surface area contributed by atoms with Gasteiger partial charge in [0.25, 0.3) is 5.91 Å². The van der Waals surface area contributed by atoms with Crippen LogP contribution in [0.2, 0.25) is 0 Å². The van der Waals surface area contributed by atoms with E-state index in [1.54, 1.807) is 23.1 Å². The van der Waals surface area contributed by atoms with Crippen LogP contribution in [0.3, 0.4) is 0 Å². The Morgan fingerprint density at radius 3 is 2.85 bits per heavy atom. The number of nitrogens with zero attached hydrogens (tertiary/aromatic N) is 7. The normalized spacial score (nSPS) is 23.2. The number of alkyl halides is 1. The molecule has 3 aliphatic heterocycles. The van der Waals surface area contributed by atoms with Gasteiger partial charge in [-0.1, -0.05) is 24.8 Å². The summed E-state index contributed by atoms with van der Waals surface area (Å²) in [4.78, 5) is 31.2. The summed E-state index contributed by atoms with van der Waals surface area (Å²) in [5.41, 5.74) is -0.202. The van der Waals surface area contributed by atoms with Crippen molar-refractivity contribution in [1.82, 2.24) is 24.8 Å². The van der Waals surface area contributed by atoms with Crippen molar-refractivity contribution in [2.45, 2.75) is 43.4 Å². The second-order valence-corrected chi connectivity index (χ2v) is 12.9. The molecule has 0 bridgehead atoms. The summed E-state index contributed by atoms with van der Waals surface area (Å²) in [6, 6.07) is 6.15. The number of thiophene rings is 1. The molecule has 6 heterocycles. The van der Waals surface area contributed by atoms with Gasteiger partial charge in [0.1, 0.15) is 35.6 Å². The summed E-state index contributed by atoms with van der Waals surface area (Å²) in [5.74, 6) is -2.92. The zero-order valence-electron chi connectivity index (χ0n) is 24.7. The van der Waals surface area contributed by atoms with Gasteiger partial charge in [0, 0.05) is 59.8 Å². The summed E-state index contributed by atoms with van der Waals surface area (Å²) in [6.07, 6.45) is 2.38. The van der Waals surface area contributed by atoms with Crippen LogP contribution >= 0.6 is 11.3 Å². The number of amides is 1. The first-order valence-corrected chi connectivity index (χ1v) is 15.9. The van der Waals surface area contributed by atoms with Crippen LogP contribution < -0.4 is 9.64 Å². The Labute approximate surface area is 265 Å². The molecule has 0 radical (unpaired) electrons. The van der Waals surface area contributed by atoms with Crippen molar-refractivity contribution in [1.29, 1.82) is 5.26 Å². The molecule has 1 amide bonds. The topological polar surface area (TPSA) is 98.5 Å². The van der Waals surface area contributed by atoms with Crippen molar-refractivity contribution in [3.8, 4) is 23.3 Å². The average Bonchev–Trinajstić information content (AvgIpc) is 3.71. The zero-order chi connectivity index (χ0) is 32.2. The first-order chi connectivity index (χ1) is 22.2. The number of hydrogen-bond acceptors (Lipinski definition) is 9. The first-order valence-electron chi connectivity index (χ1n) is 15.0. The minimum atomic E-state index is -1.12. The van der Waals surface area contributed by atoms with Crippen molar-refractivity contribution in [3.63, 3.8) is 0 Å². The lowest BCUT2D eigenvalue weighted by molar-refractivity contribution is -0.131. The predicted molar refractivity (Wildman–Crippen MR) is 165 cm³/mol. The van der Waals surface area contributed by atoms with E-state index in [0.717, 1.165) is 30.7 Å². The number of aromatic nitrogens is 3. The molecule has 0 N–H and O–H groups in total. The molecule has 3 fully saturated rings. The highest BCUT2D eigenvalue weighted by molar-refractivity contribution is 7.17. The molecule has 238 valence electrons. The van der Waals surface area contributed by atoms with E-state index >= 15 is 4.39 Å². The van der Waals surface area contributed by atoms with E-state index in [0.29, 0.717) is 28.6 Å². The minimum Gasteiger partial charge on any atom is -0.461 e. The number of anilines is 1. The van der Waals surface area contributed by atoms with Gasteiger partial charge >= 0.3 is 6.01 Å². The highest BCUT2D eigenvalue weighted by atomic mass is 32.1. The molecule has 9 nitrogen and oxygen atoms in total. The van der Waals surface area contributed by atoms with E-state index < -0.39 is 41.1 Å². The number of carbonyl (C=O) groups is 1. The van der Waals surface area contributed by atoms with Gasteiger partial charge in [-0.2, -0.15) is 15.2 Å². The van der Waals surface area contributed by atoms with Gasteiger partial charge in [0.05, 0.1) is 29.5 Å². The van der Waals surface area contributed by atoms with Crippen LogP contribution in [0.25, 0.3) is 32.2 Å². The van der Waals surface area contributed by atoms with Crippen molar-refractivity contribution in [2.24, 2.45) is 0 Å². The number of carbonyl (C=O) groups excluding carboxylic acids is 1. The van der Waals surface area contributed by atoms with Crippen LogP contribution in [0, 0.1) is 23.0 Å². The molecule has 0 unspecified atom stereocenters. The van der Waals surface area contributed by atoms with Crippen LogP contribution in [-0.4, -0.2) is 87.7 Å². The smallest absolute Gasteiger partial charge is 0.319 e. The van der Waals surface area contributed by atoms with E-state index in [1.165, 1.54) is 16.5 Å². The molecule has 0 saturated carbocycles. The summed E-state index contributed by atoms with van der Waals surface area (Å²) < 4.78 is 65.9. The van der Waals surface area contributed by atoms with E-state index in [-0.39, 0.29) is 61.1 Å². The van der Waals surface area contributed by atoms with Crippen LogP contribution in [-0.2, 0) is 4.79 Å². The Morgan fingerprint density at radius 2 is 2.04 bits per heavy atom. The summed E-state index contributed by atoms with van der Waals surface area (Å²) >= 11 is 1.14. The predicted octanol–water partition coefficient (Wildman–Crippen LogP) is 5.55. The molecular formula is C32H29F4N7O2S. The first kappa shape index (κ1) is 30.3. The molecule has 0 spiro atoms. The lowest BCUT2D eigenvalue weighted by atomic mass is 9.95. The van der Waals surface area contributed by atoms with Gasteiger partial charge in [-0.15, -0.1) is 11.3 Å². The maximum Gasteiger partial charge on any atom is 0.319 e. The Hall–Kier alpha value is -4.35. The maximum atomic E-state index is 16.6. The molecule has 7 rings (SSSR count). The number of pyridine rings is 1. The fourth-order valence-corrected chi connectivity index (χ4v) is 8.06. The molecule has 4 aromatic rings. The third kappa shape index (κ3) is 5.11. The monoisotopic (exact) mass is 651 g/mol. The highest BCUT2D eigenvalue weighted by Crippen LogP contribution is 2.41. The highest BCUT2D eigenvalue weighted by Gasteiger charge is 2.49. The largest absolute Gasteiger partial charge is 0.461 e. The van der Waals surface area contributed by atoms with Crippen LogP contribution in [0.15, 0.2) is 42.2 Å². The summed E-state index contributed by atoms with van der Waals surface area (Å²) in [6.45, 7) is 4.66. The van der Waals surface area contributed by atoms with Crippen molar-refractivity contribution < 1.29 is 27.1 Å². The van der Waals surface area contributed by atoms with Crippen molar-refractivity contribution in [2.75, 3.05) is 44.2 Å². The molecule has 1 aromatic carbocycles. The Kier molecular flexibility index (Phi) is 7.76. The minimum absolute atomic E-state index is 0.0218. The van der Waals surface area contributed by atoms with Gasteiger partial charge < -0.3 is 14.5 Å². The number of fused-ring (bicyclic) bond motifs is 3. The van der Waals surface area contributed by atoms with Gasteiger partial charge in [-0.05, 0) is 19.4 Å². The quantitative estimate of drug-likeness (QED) is 0.190.